The fourth-order valence-electron chi connectivity index (χ4n) is 3.40. The van der Waals surface area contributed by atoms with Crippen LogP contribution < -0.4 is 9.87 Å². The minimum Gasteiger partial charge on any atom is -0.632 e. The summed E-state index contributed by atoms with van der Waals surface area (Å²) in [6, 6.07) is 17.8. The summed E-state index contributed by atoms with van der Waals surface area (Å²) in [7, 11) is 0. The number of benzene rings is 2. The summed E-state index contributed by atoms with van der Waals surface area (Å²) in [5.74, 6) is 0. The number of hydrogen-bond donors (Lipinski definition) is 3. The number of quaternary nitrogens is 2. The zero-order chi connectivity index (χ0) is 20.6. The van der Waals surface area contributed by atoms with E-state index in [1.807, 2.05) is 58.0 Å². The Morgan fingerprint density at radius 2 is 1.61 bits per heavy atom. The first-order valence-electron chi connectivity index (χ1n) is 9.09. The lowest BCUT2D eigenvalue weighted by Gasteiger charge is -2.39. The lowest BCUT2D eigenvalue weighted by Crippen LogP contribution is -3.14. The van der Waals surface area contributed by atoms with Crippen molar-refractivity contribution in [1.82, 2.24) is 9.87 Å². The van der Waals surface area contributed by atoms with Crippen molar-refractivity contribution in [3.8, 4) is 0 Å². The number of nitrogens with zero attached hydrogens (tertiary/aromatic N) is 3. The first kappa shape index (κ1) is 20.4. The maximum absolute atomic E-state index is 13.3. The average molecular weight is 387 g/mol. The smallest absolute Gasteiger partial charge is 0.298 e. The quantitative estimate of drug-likeness (QED) is 0.183. The van der Waals surface area contributed by atoms with Gasteiger partial charge in [0.15, 0.2) is 6.17 Å². The van der Waals surface area contributed by atoms with E-state index in [0.29, 0.717) is 5.69 Å². The van der Waals surface area contributed by atoms with Gasteiger partial charge in [0, 0.05) is 17.7 Å². The molecule has 1 aliphatic rings. The highest BCUT2D eigenvalue weighted by atomic mass is 17.0. The van der Waals surface area contributed by atoms with Crippen LogP contribution in [0.1, 0.15) is 39.4 Å². The Balaban J connectivity index is 2.10. The number of para-hydroxylation sites is 1. The Kier molecular flexibility index (Phi) is 5.28. The van der Waals surface area contributed by atoms with Gasteiger partial charge in [-0.15, -0.1) is 0 Å². The lowest BCUT2D eigenvalue weighted by molar-refractivity contribution is -0.926. The Bertz CT molecular complexity index is 829. The first-order chi connectivity index (χ1) is 13.1. The molecule has 2 aromatic rings. The van der Waals surface area contributed by atoms with Crippen molar-refractivity contribution in [3.05, 3.63) is 71.4 Å². The van der Waals surface area contributed by atoms with E-state index in [9.17, 15) is 10.4 Å². The number of oxime groups is 1. The van der Waals surface area contributed by atoms with Crippen LogP contribution in [0.25, 0.3) is 0 Å². The van der Waals surface area contributed by atoms with Crippen molar-refractivity contribution in [3.63, 3.8) is 0 Å². The van der Waals surface area contributed by atoms with E-state index in [2.05, 4.69) is 5.16 Å². The van der Waals surface area contributed by atoms with Gasteiger partial charge in [-0.2, -0.15) is 5.21 Å². The van der Waals surface area contributed by atoms with Gasteiger partial charge in [0.1, 0.15) is 11.1 Å². The predicted octanol–water partition coefficient (Wildman–Crippen LogP) is 2.60. The topological polar surface area (TPSA) is 92.8 Å². The van der Waals surface area contributed by atoms with Crippen LogP contribution in [0.2, 0.25) is 0 Å². The maximum atomic E-state index is 13.3. The van der Waals surface area contributed by atoms with Gasteiger partial charge in [0.2, 0.25) is 5.69 Å². The van der Waals surface area contributed by atoms with Crippen LogP contribution in [-0.4, -0.2) is 32.9 Å². The molecule has 0 amide bonds. The Hall–Kier alpha value is -2.33. The summed E-state index contributed by atoms with van der Waals surface area (Å²) >= 11 is 0. The molecule has 28 heavy (non-hydrogen) atoms. The van der Waals surface area contributed by atoms with Gasteiger partial charge in [0.25, 0.3) is 6.34 Å². The van der Waals surface area contributed by atoms with Crippen LogP contribution in [0.5, 0.6) is 0 Å². The molecule has 8 nitrogen and oxygen atoms in total. The van der Waals surface area contributed by atoms with Crippen molar-refractivity contribution in [2.24, 2.45) is 5.16 Å². The van der Waals surface area contributed by atoms with E-state index >= 15 is 0 Å². The van der Waals surface area contributed by atoms with Gasteiger partial charge < -0.3 is 15.5 Å². The van der Waals surface area contributed by atoms with Crippen LogP contribution in [0.15, 0.2) is 65.8 Å². The van der Waals surface area contributed by atoms with E-state index in [1.54, 1.807) is 30.3 Å². The second-order valence-corrected chi connectivity index (χ2v) is 7.96. The third-order valence-electron chi connectivity index (χ3n) is 5.84. The molecule has 3 unspecified atom stereocenters. The molecule has 0 bridgehead atoms. The number of hydrogen-bond acceptors (Lipinski definition) is 6. The summed E-state index contributed by atoms with van der Waals surface area (Å²) in [5.41, 5.74) is -0.452. The largest absolute Gasteiger partial charge is 0.632 e. The molecule has 3 N–H and O–H groups in total. The second-order valence-electron chi connectivity index (χ2n) is 7.96. The third kappa shape index (κ3) is 3.20. The molecule has 1 fully saturated rings. The van der Waals surface area contributed by atoms with Crippen molar-refractivity contribution >= 4 is 12.0 Å². The monoisotopic (exact) mass is 387 g/mol. The minimum absolute atomic E-state index is 0.0238. The SMILES string of the molecule is CC1(C)N(O[N+](O)(C=NO)c2ccccc2)C(c2ccccc2)[NH+]([O-])C1(C)C. The molecule has 150 valence electrons. The van der Waals surface area contributed by atoms with Crippen LogP contribution in [0.4, 0.5) is 5.69 Å². The zero-order valence-electron chi connectivity index (χ0n) is 16.5. The van der Waals surface area contributed by atoms with E-state index < -0.39 is 22.1 Å². The molecular formula is C20H27N4O4+. The highest BCUT2D eigenvalue weighted by molar-refractivity contribution is 5.68. The van der Waals surface area contributed by atoms with Gasteiger partial charge in [-0.1, -0.05) is 58.5 Å². The van der Waals surface area contributed by atoms with Gasteiger partial charge in [-0.05, 0) is 32.9 Å². The third-order valence-corrected chi connectivity index (χ3v) is 5.84. The molecule has 0 aliphatic carbocycles. The summed E-state index contributed by atoms with van der Waals surface area (Å²) < 4.78 is 0. The molecule has 8 heteroatoms. The van der Waals surface area contributed by atoms with E-state index in [0.717, 1.165) is 11.9 Å². The maximum Gasteiger partial charge on any atom is 0.298 e. The number of rotatable bonds is 5. The molecule has 2 aromatic carbocycles. The second kappa shape index (κ2) is 7.25. The van der Waals surface area contributed by atoms with E-state index in [-0.39, 0.29) is 5.06 Å². The molecule has 1 aliphatic heterocycles. The molecule has 0 spiro atoms. The van der Waals surface area contributed by atoms with Crippen LogP contribution in [-0.2, 0) is 4.94 Å². The van der Waals surface area contributed by atoms with Crippen molar-refractivity contribution < 1.29 is 20.4 Å². The normalized spacial score (nSPS) is 26.4. The molecule has 3 rings (SSSR count). The highest BCUT2D eigenvalue weighted by Crippen LogP contribution is 2.40. The molecule has 3 atom stereocenters. The summed E-state index contributed by atoms with van der Waals surface area (Å²) in [6.07, 6.45) is 0.121. The molecular weight excluding hydrogens is 360 g/mol. The molecule has 0 saturated carbocycles. The first-order valence-corrected chi connectivity index (χ1v) is 9.09. The van der Waals surface area contributed by atoms with E-state index in [1.165, 1.54) is 5.06 Å². The summed E-state index contributed by atoms with van der Waals surface area (Å²) in [6.45, 7) is 7.51. The van der Waals surface area contributed by atoms with Crippen LogP contribution in [0.3, 0.4) is 0 Å². The van der Waals surface area contributed by atoms with Crippen LogP contribution >= 0.6 is 0 Å². The van der Waals surface area contributed by atoms with E-state index in [4.69, 9.17) is 10.1 Å². The minimum atomic E-state index is -1.24. The molecule has 0 radical (unpaired) electrons. The zero-order valence-corrected chi connectivity index (χ0v) is 16.5. The van der Waals surface area contributed by atoms with Crippen molar-refractivity contribution in [2.75, 3.05) is 0 Å². The van der Waals surface area contributed by atoms with Gasteiger partial charge in [-0.25, -0.2) is 0 Å². The summed E-state index contributed by atoms with van der Waals surface area (Å²) in [5, 5.41) is 38.1. The van der Waals surface area contributed by atoms with Gasteiger partial charge in [-0.3, -0.25) is 0 Å². The number of hydroxylamine groups is 6. The van der Waals surface area contributed by atoms with Crippen molar-refractivity contribution in [1.29, 1.82) is 0 Å². The highest BCUT2D eigenvalue weighted by Gasteiger charge is 2.63. The Morgan fingerprint density at radius 3 is 2.14 bits per heavy atom. The van der Waals surface area contributed by atoms with Gasteiger partial charge >= 0.3 is 0 Å². The Morgan fingerprint density at radius 1 is 1.07 bits per heavy atom. The predicted molar refractivity (Wildman–Crippen MR) is 105 cm³/mol. The van der Waals surface area contributed by atoms with Crippen molar-refractivity contribution in [2.45, 2.75) is 44.9 Å². The lowest BCUT2D eigenvalue weighted by atomic mass is 9.84. The molecule has 1 saturated heterocycles. The Labute approximate surface area is 164 Å². The molecule has 1 heterocycles. The fourth-order valence-corrected chi connectivity index (χ4v) is 3.40. The summed E-state index contributed by atoms with van der Waals surface area (Å²) in [4.78, 5) is 4.77. The fraction of sp³-hybridized carbons (Fsp3) is 0.350. The molecule has 0 aromatic heterocycles. The van der Waals surface area contributed by atoms with Gasteiger partial charge in [0.05, 0.1) is 4.81 Å². The standard InChI is InChI=1S/C20H26N4O4/c1-19(2)20(3,4)23(18(22(19)26)16-11-7-5-8-12-16)28-24(27,15-21-25)17-13-9-6-10-14-17/h5-15,18,22,27H,1-4H3/p+1. The van der Waals surface area contributed by atoms with Crippen LogP contribution in [0, 0.1) is 5.21 Å². The average Bonchev–Trinajstić information content (AvgIpc) is 2.80. The number of nitrogens with one attached hydrogen (secondary N) is 1.